The number of nitrogens with zero attached hydrogens (tertiary/aromatic N) is 2. The van der Waals surface area contributed by atoms with Crippen LogP contribution in [0, 0.1) is 5.82 Å². The van der Waals surface area contributed by atoms with Crippen LogP contribution in [-0.2, 0) is 23.3 Å². The monoisotopic (exact) mass is 451 g/mol. The highest BCUT2D eigenvalue weighted by Gasteiger charge is 2.40. The first kappa shape index (κ1) is 22.3. The second-order valence-electron chi connectivity index (χ2n) is 8.18. The second kappa shape index (κ2) is 9.71. The van der Waals surface area contributed by atoms with Crippen molar-refractivity contribution in [2.75, 3.05) is 13.1 Å². The van der Waals surface area contributed by atoms with Crippen LogP contribution in [-0.4, -0.2) is 34.7 Å². The summed E-state index contributed by atoms with van der Waals surface area (Å²) in [6.07, 6.45) is 1.54. The summed E-state index contributed by atoms with van der Waals surface area (Å²) >= 11 is 1.44. The average Bonchev–Trinajstić information content (AvgIpc) is 3.28. The van der Waals surface area contributed by atoms with Crippen LogP contribution < -0.4 is 5.32 Å². The highest BCUT2D eigenvalue weighted by atomic mass is 32.1. The van der Waals surface area contributed by atoms with E-state index in [1.165, 1.54) is 17.4 Å². The lowest BCUT2D eigenvalue weighted by Crippen LogP contribution is -2.46. The van der Waals surface area contributed by atoms with Crippen molar-refractivity contribution in [1.29, 1.82) is 0 Å². The van der Waals surface area contributed by atoms with Gasteiger partial charge in [0.05, 0.1) is 12.0 Å². The van der Waals surface area contributed by atoms with E-state index in [-0.39, 0.29) is 24.1 Å². The van der Waals surface area contributed by atoms with Gasteiger partial charge in [0.2, 0.25) is 0 Å². The molecule has 32 heavy (non-hydrogen) atoms. The second-order valence-corrected chi connectivity index (χ2v) is 9.12. The number of rotatable bonds is 7. The predicted octanol–water partition coefficient (Wildman–Crippen LogP) is 4.34. The Morgan fingerprint density at radius 3 is 2.47 bits per heavy atom. The summed E-state index contributed by atoms with van der Waals surface area (Å²) in [5, 5.41) is 5.32. The predicted molar refractivity (Wildman–Crippen MR) is 123 cm³/mol. The lowest BCUT2D eigenvalue weighted by atomic mass is 9.70. The van der Waals surface area contributed by atoms with E-state index in [9.17, 15) is 14.0 Å². The SMILES string of the molecule is CC(=O)C1(c2ccccc2)CCN(Cc2nc(C(=O)NCc3ccccc3F)cs2)CC1. The Morgan fingerprint density at radius 1 is 1.09 bits per heavy atom. The average molecular weight is 452 g/mol. The number of carbonyl (C=O) groups is 2. The first-order valence-electron chi connectivity index (χ1n) is 10.7. The van der Waals surface area contributed by atoms with Crippen LogP contribution in [0.4, 0.5) is 4.39 Å². The molecule has 0 spiro atoms. The number of piperidine rings is 1. The maximum atomic E-state index is 13.7. The number of thiazole rings is 1. The van der Waals surface area contributed by atoms with E-state index in [1.807, 2.05) is 30.3 Å². The fraction of sp³-hybridized carbons (Fsp3) is 0.320. The molecule has 1 amide bonds. The molecule has 0 atom stereocenters. The number of halogens is 1. The van der Waals surface area contributed by atoms with Gasteiger partial charge in [-0.1, -0.05) is 48.5 Å². The molecule has 0 saturated carbocycles. The molecule has 1 aliphatic rings. The molecule has 5 nitrogen and oxygen atoms in total. The third kappa shape index (κ3) is 4.79. The smallest absolute Gasteiger partial charge is 0.271 e. The summed E-state index contributed by atoms with van der Waals surface area (Å²) in [7, 11) is 0. The first-order valence-corrected chi connectivity index (χ1v) is 11.6. The van der Waals surface area contributed by atoms with Crippen LogP contribution in [0.15, 0.2) is 60.0 Å². The van der Waals surface area contributed by atoms with E-state index in [0.717, 1.165) is 36.5 Å². The fourth-order valence-corrected chi connectivity index (χ4v) is 5.10. The quantitative estimate of drug-likeness (QED) is 0.581. The summed E-state index contributed by atoms with van der Waals surface area (Å²) in [5.74, 6) is -0.436. The first-order chi connectivity index (χ1) is 15.5. The van der Waals surface area contributed by atoms with E-state index >= 15 is 0 Å². The molecular formula is C25H26FN3O2S. The van der Waals surface area contributed by atoms with Gasteiger partial charge < -0.3 is 5.32 Å². The summed E-state index contributed by atoms with van der Waals surface area (Å²) < 4.78 is 13.7. The highest BCUT2D eigenvalue weighted by molar-refractivity contribution is 7.09. The molecule has 7 heteroatoms. The molecule has 1 N–H and O–H groups in total. The van der Waals surface area contributed by atoms with E-state index in [2.05, 4.69) is 15.2 Å². The minimum atomic E-state index is -0.418. The van der Waals surface area contributed by atoms with Crippen LogP contribution in [0.5, 0.6) is 0 Å². The number of nitrogens with one attached hydrogen (secondary N) is 1. The van der Waals surface area contributed by atoms with Crippen molar-refractivity contribution in [2.45, 2.75) is 38.3 Å². The zero-order valence-electron chi connectivity index (χ0n) is 18.0. The zero-order chi connectivity index (χ0) is 22.6. The number of hydrogen-bond donors (Lipinski definition) is 1. The number of aromatic nitrogens is 1. The molecule has 0 radical (unpaired) electrons. The number of likely N-dealkylation sites (tertiary alicyclic amines) is 1. The topological polar surface area (TPSA) is 62.3 Å². The molecule has 3 aromatic rings. The molecule has 1 aromatic heterocycles. The van der Waals surface area contributed by atoms with Gasteiger partial charge >= 0.3 is 0 Å². The standard InChI is InChI=1S/C25H26FN3O2S/c1-18(30)25(20-8-3-2-4-9-20)11-13-29(14-12-25)16-23-28-22(17-32-23)24(31)27-15-19-7-5-6-10-21(19)26/h2-10,17H,11-16H2,1H3,(H,27,31). The van der Waals surface area contributed by atoms with Crippen molar-refractivity contribution < 1.29 is 14.0 Å². The number of carbonyl (C=O) groups excluding carboxylic acids is 2. The Bertz CT molecular complexity index is 1090. The maximum absolute atomic E-state index is 13.7. The van der Waals surface area contributed by atoms with Gasteiger partial charge in [-0.25, -0.2) is 9.37 Å². The van der Waals surface area contributed by atoms with Crippen LogP contribution in [0.2, 0.25) is 0 Å². The number of benzene rings is 2. The third-order valence-electron chi connectivity index (χ3n) is 6.25. The van der Waals surface area contributed by atoms with Crippen LogP contribution in [0.1, 0.15) is 46.4 Å². The van der Waals surface area contributed by atoms with Gasteiger partial charge in [0.15, 0.2) is 0 Å². The number of ketones is 1. The van der Waals surface area contributed by atoms with Gasteiger partial charge in [0.25, 0.3) is 5.91 Å². The van der Waals surface area contributed by atoms with E-state index in [1.54, 1.807) is 30.5 Å². The van der Waals surface area contributed by atoms with E-state index in [4.69, 9.17) is 0 Å². The number of Topliss-reactive ketones (excluding diaryl/α,β-unsaturated/α-hetero) is 1. The number of amides is 1. The fourth-order valence-electron chi connectivity index (χ4n) is 4.28. The van der Waals surface area contributed by atoms with Crippen molar-refractivity contribution in [2.24, 2.45) is 0 Å². The summed E-state index contributed by atoms with van der Waals surface area (Å²) in [5.41, 5.74) is 1.46. The highest BCUT2D eigenvalue weighted by Crippen LogP contribution is 2.37. The minimum absolute atomic E-state index is 0.122. The summed E-state index contributed by atoms with van der Waals surface area (Å²) in [6, 6.07) is 16.4. The Balaban J connectivity index is 1.34. The van der Waals surface area contributed by atoms with Gasteiger partial charge in [0, 0.05) is 17.5 Å². The Labute approximate surface area is 191 Å². The van der Waals surface area contributed by atoms with E-state index < -0.39 is 5.41 Å². The van der Waals surface area contributed by atoms with Crippen LogP contribution in [0.3, 0.4) is 0 Å². The minimum Gasteiger partial charge on any atom is -0.346 e. The molecular weight excluding hydrogens is 425 g/mol. The molecule has 2 aromatic carbocycles. The maximum Gasteiger partial charge on any atom is 0.271 e. The Kier molecular flexibility index (Phi) is 6.77. The lowest BCUT2D eigenvalue weighted by molar-refractivity contribution is -0.124. The molecule has 2 heterocycles. The van der Waals surface area contributed by atoms with Gasteiger partial charge in [-0.2, -0.15) is 0 Å². The largest absolute Gasteiger partial charge is 0.346 e. The molecule has 0 unspecified atom stereocenters. The third-order valence-corrected chi connectivity index (χ3v) is 7.08. The Hall–Kier alpha value is -2.90. The van der Waals surface area contributed by atoms with Crippen molar-refractivity contribution in [3.8, 4) is 0 Å². The van der Waals surface area contributed by atoms with Crippen molar-refractivity contribution in [1.82, 2.24) is 15.2 Å². The Morgan fingerprint density at radius 2 is 1.78 bits per heavy atom. The molecule has 4 rings (SSSR count). The molecule has 1 saturated heterocycles. The molecule has 0 aliphatic carbocycles. The van der Waals surface area contributed by atoms with Crippen molar-refractivity contribution in [3.63, 3.8) is 0 Å². The summed E-state index contributed by atoms with van der Waals surface area (Å²) in [6.45, 7) is 4.05. The molecule has 0 bridgehead atoms. The molecule has 166 valence electrons. The van der Waals surface area contributed by atoms with Gasteiger partial charge in [-0.15, -0.1) is 11.3 Å². The molecule has 1 fully saturated rings. The van der Waals surface area contributed by atoms with E-state index in [0.29, 0.717) is 17.8 Å². The van der Waals surface area contributed by atoms with Crippen molar-refractivity contribution >= 4 is 23.0 Å². The normalized spacial score (nSPS) is 15.9. The van der Waals surface area contributed by atoms with Crippen LogP contribution >= 0.6 is 11.3 Å². The zero-order valence-corrected chi connectivity index (χ0v) is 18.8. The van der Waals surface area contributed by atoms with Gasteiger partial charge in [-0.05, 0) is 44.5 Å². The van der Waals surface area contributed by atoms with Gasteiger partial charge in [-0.3, -0.25) is 14.5 Å². The van der Waals surface area contributed by atoms with Crippen molar-refractivity contribution in [3.05, 3.63) is 87.6 Å². The summed E-state index contributed by atoms with van der Waals surface area (Å²) in [4.78, 5) is 31.7. The van der Waals surface area contributed by atoms with Gasteiger partial charge in [0.1, 0.15) is 22.3 Å². The number of hydrogen-bond acceptors (Lipinski definition) is 5. The lowest BCUT2D eigenvalue weighted by Gasteiger charge is -2.40. The van der Waals surface area contributed by atoms with Crippen LogP contribution in [0.25, 0.3) is 0 Å². The molecule has 1 aliphatic heterocycles.